The maximum absolute atomic E-state index is 3.99. The van der Waals surface area contributed by atoms with Gasteiger partial charge in [0.25, 0.3) is 0 Å². The molecule has 0 heterocycles. The van der Waals surface area contributed by atoms with E-state index in [1.807, 2.05) is 13.8 Å². The Labute approximate surface area is 82.4 Å². The SMILES string of the molecule is C=C(C)CC(=C)CC(=C)CC(=C)C. The van der Waals surface area contributed by atoms with Gasteiger partial charge in [-0.25, -0.2) is 0 Å². The van der Waals surface area contributed by atoms with Crippen molar-refractivity contribution >= 4 is 0 Å². The summed E-state index contributed by atoms with van der Waals surface area (Å²) in [6.07, 6.45) is 2.73. The molecule has 0 unspecified atom stereocenters. The van der Waals surface area contributed by atoms with E-state index in [-0.39, 0.29) is 0 Å². The molecule has 0 radical (unpaired) electrons. The fraction of sp³-hybridized carbons (Fsp3) is 0.385. The lowest BCUT2D eigenvalue weighted by Gasteiger charge is -2.08. The monoisotopic (exact) mass is 176 g/mol. The third-order valence-corrected chi connectivity index (χ3v) is 1.60. The Balaban J connectivity index is 3.85. The lowest BCUT2D eigenvalue weighted by Crippen LogP contribution is -1.88. The van der Waals surface area contributed by atoms with E-state index in [4.69, 9.17) is 0 Å². The van der Waals surface area contributed by atoms with Gasteiger partial charge in [-0.2, -0.15) is 0 Å². The second kappa shape index (κ2) is 5.58. The molecule has 0 heteroatoms. The van der Waals surface area contributed by atoms with Crippen LogP contribution in [-0.4, -0.2) is 0 Å². The molecule has 0 spiro atoms. The van der Waals surface area contributed by atoms with Crippen LogP contribution in [0.3, 0.4) is 0 Å². The van der Waals surface area contributed by atoms with Crippen LogP contribution in [0.2, 0.25) is 0 Å². The van der Waals surface area contributed by atoms with Crippen LogP contribution in [0.4, 0.5) is 0 Å². The van der Waals surface area contributed by atoms with Crippen molar-refractivity contribution in [1.82, 2.24) is 0 Å². The van der Waals surface area contributed by atoms with Gasteiger partial charge < -0.3 is 0 Å². The first kappa shape index (κ1) is 12.0. The van der Waals surface area contributed by atoms with Gasteiger partial charge in [-0.3, -0.25) is 0 Å². The van der Waals surface area contributed by atoms with E-state index in [0.717, 1.165) is 30.4 Å². The number of rotatable bonds is 6. The number of allylic oxidation sites excluding steroid dienone is 4. The van der Waals surface area contributed by atoms with E-state index in [2.05, 4.69) is 26.3 Å². The Morgan fingerprint density at radius 3 is 1.23 bits per heavy atom. The third kappa shape index (κ3) is 7.32. The second-order valence-electron chi connectivity index (χ2n) is 3.94. The Morgan fingerprint density at radius 1 is 0.692 bits per heavy atom. The molecule has 0 saturated carbocycles. The van der Waals surface area contributed by atoms with Crippen LogP contribution in [0.1, 0.15) is 33.1 Å². The summed E-state index contributed by atoms with van der Waals surface area (Å²) in [6.45, 7) is 19.7. The van der Waals surface area contributed by atoms with Gasteiger partial charge in [-0.15, -0.1) is 0 Å². The van der Waals surface area contributed by atoms with E-state index >= 15 is 0 Å². The van der Waals surface area contributed by atoms with Crippen molar-refractivity contribution in [3.05, 3.63) is 48.6 Å². The predicted octanol–water partition coefficient (Wildman–Crippen LogP) is 4.42. The van der Waals surface area contributed by atoms with Gasteiger partial charge in [0.2, 0.25) is 0 Å². The van der Waals surface area contributed by atoms with Crippen LogP contribution in [0.15, 0.2) is 48.6 Å². The predicted molar refractivity (Wildman–Crippen MR) is 61.8 cm³/mol. The zero-order valence-electron chi connectivity index (χ0n) is 8.95. The molecule has 0 rings (SSSR count). The molecule has 72 valence electrons. The van der Waals surface area contributed by atoms with Gasteiger partial charge in [0.1, 0.15) is 0 Å². The normalized spacial score (nSPS) is 9.38. The molecule has 0 aliphatic rings. The molecular weight excluding hydrogens is 156 g/mol. The molecule has 0 aromatic carbocycles. The summed E-state index contributed by atoms with van der Waals surface area (Å²) < 4.78 is 0. The first-order valence-electron chi connectivity index (χ1n) is 4.54. The maximum atomic E-state index is 3.99. The van der Waals surface area contributed by atoms with Crippen LogP contribution in [0.25, 0.3) is 0 Å². The summed E-state index contributed by atoms with van der Waals surface area (Å²) in [7, 11) is 0. The molecule has 0 atom stereocenters. The highest BCUT2D eigenvalue weighted by Crippen LogP contribution is 2.19. The minimum Gasteiger partial charge on any atom is -0.0998 e. The summed E-state index contributed by atoms with van der Waals surface area (Å²) in [5.74, 6) is 0. The van der Waals surface area contributed by atoms with Crippen LogP contribution in [0, 0.1) is 0 Å². The zero-order valence-corrected chi connectivity index (χ0v) is 8.95. The van der Waals surface area contributed by atoms with Crippen molar-refractivity contribution in [1.29, 1.82) is 0 Å². The van der Waals surface area contributed by atoms with Gasteiger partial charge in [0, 0.05) is 0 Å². The van der Waals surface area contributed by atoms with Gasteiger partial charge in [0.15, 0.2) is 0 Å². The molecule has 0 bridgehead atoms. The van der Waals surface area contributed by atoms with Crippen molar-refractivity contribution in [3.63, 3.8) is 0 Å². The van der Waals surface area contributed by atoms with Crippen molar-refractivity contribution in [3.8, 4) is 0 Å². The van der Waals surface area contributed by atoms with Crippen LogP contribution in [0.5, 0.6) is 0 Å². The van der Waals surface area contributed by atoms with Gasteiger partial charge in [-0.1, -0.05) is 48.6 Å². The average molecular weight is 176 g/mol. The Bertz CT molecular complexity index is 215. The largest absolute Gasteiger partial charge is 0.0998 e. The molecule has 0 aliphatic heterocycles. The van der Waals surface area contributed by atoms with Crippen molar-refractivity contribution < 1.29 is 0 Å². The fourth-order valence-corrected chi connectivity index (χ4v) is 1.33. The van der Waals surface area contributed by atoms with E-state index in [1.54, 1.807) is 0 Å². The summed E-state index contributed by atoms with van der Waals surface area (Å²) >= 11 is 0. The highest BCUT2D eigenvalue weighted by molar-refractivity contribution is 5.18. The highest BCUT2D eigenvalue weighted by Gasteiger charge is 1.99. The second-order valence-corrected chi connectivity index (χ2v) is 3.94. The van der Waals surface area contributed by atoms with Crippen molar-refractivity contribution in [2.45, 2.75) is 33.1 Å². The standard InChI is InChI=1S/C13H20/c1-10(2)7-12(5)9-13(6)8-11(3)4/h1,3,5-9H2,2,4H3. The van der Waals surface area contributed by atoms with Crippen LogP contribution >= 0.6 is 0 Å². The van der Waals surface area contributed by atoms with Crippen LogP contribution < -0.4 is 0 Å². The minimum atomic E-state index is 0.903. The Hall–Kier alpha value is -1.04. The molecular formula is C13H20. The van der Waals surface area contributed by atoms with Crippen LogP contribution in [-0.2, 0) is 0 Å². The molecule has 0 saturated heterocycles. The molecule has 13 heavy (non-hydrogen) atoms. The summed E-state index contributed by atoms with van der Waals surface area (Å²) in [5.41, 5.74) is 4.71. The zero-order chi connectivity index (χ0) is 10.4. The maximum Gasteiger partial charge on any atom is -0.0107 e. The van der Waals surface area contributed by atoms with E-state index < -0.39 is 0 Å². The number of hydrogen-bond donors (Lipinski definition) is 0. The smallest absolute Gasteiger partial charge is 0.0107 e. The average Bonchev–Trinajstić information content (AvgIpc) is 1.80. The summed E-state index contributed by atoms with van der Waals surface area (Å²) in [5, 5.41) is 0. The summed E-state index contributed by atoms with van der Waals surface area (Å²) in [4.78, 5) is 0. The van der Waals surface area contributed by atoms with E-state index in [0.29, 0.717) is 0 Å². The lowest BCUT2D eigenvalue weighted by atomic mass is 9.98. The molecule has 0 fully saturated rings. The first-order chi connectivity index (χ1) is 5.91. The first-order valence-corrected chi connectivity index (χ1v) is 4.54. The summed E-state index contributed by atoms with van der Waals surface area (Å²) in [6, 6.07) is 0. The minimum absolute atomic E-state index is 0.903. The Kier molecular flexibility index (Phi) is 5.13. The third-order valence-electron chi connectivity index (χ3n) is 1.60. The van der Waals surface area contributed by atoms with Gasteiger partial charge in [-0.05, 0) is 33.1 Å². The highest BCUT2D eigenvalue weighted by atomic mass is 14.0. The molecule has 0 N–H and O–H groups in total. The molecule has 0 aromatic rings. The number of hydrogen-bond acceptors (Lipinski definition) is 0. The molecule has 0 amide bonds. The van der Waals surface area contributed by atoms with Gasteiger partial charge >= 0.3 is 0 Å². The lowest BCUT2D eigenvalue weighted by molar-refractivity contribution is 0.966. The van der Waals surface area contributed by atoms with Crippen molar-refractivity contribution in [2.75, 3.05) is 0 Å². The quantitative estimate of drug-likeness (QED) is 0.525. The fourth-order valence-electron chi connectivity index (χ4n) is 1.33. The molecule has 0 aromatic heterocycles. The van der Waals surface area contributed by atoms with Crippen molar-refractivity contribution in [2.24, 2.45) is 0 Å². The molecule has 0 aliphatic carbocycles. The van der Waals surface area contributed by atoms with E-state index in [1.165, 1.54) is 11.1 Å². The molecule has 0 nitrogen and oxygen atoms in total. The topological polar surface area (TPSA) is 0 Å². The Morgan fingerprint density at radius 2 is 1.00 bits per heavy atom. The van der Waals surface area contributed by atoms with E-state index in [9.17, 15) is 0 Å². The van der Waals surface area contributed by atoms with Gasteiger partial charge in [0.05, 0.1) is 0 Å².